The molecule has 0 saturated heterocycles. The van der Waals surface area contributed by atoms with E-state index < -0.39 is 5.91 Å². The Morgan fingerprint density at radius 3 is 2.86 bits per heavy atom. The van der Waals surface area contributed by atoms with Gasteiger partial charge in [-0.3, -0.25) is 10.2 Å². The minimum absolute atomic E-state index is 0.406. The number of carbonyl (C=O) groups excluding carboxylic acids is 1. The van der Waals surface area contributed by atoms with Gasteiger partial charge in [-0.05, 0) is 12.1 Å². The molecular weight excluding hydrogens is 182 g/mol. The minimum atomic E-state index is -0.488. The SMILES string of the molecule is NC(=O)c1ccccc1N1NC=CO1. The number of hydrogen-bond acceptors (Lipinski definition) is 4. The summed E-state index contributed by atoms with van der Waals surface area (Å²) in [5, 5.41) is 1.36. The first-order chi connectivity index (χ1) is 6.79. The van der Waals surface area contributed by atoms with Crippen LogP contribution in [0.1, 0.15) is 10.4 Å². The lowest BCUT2D eigenvalue weighted by Crippen LogP contribution is -2.30. The maximum atomic E-state index is 11.1. The van der Waals surface area contributed by atoms with Gasteiger partial charge in [0, 0.05) is 0 Å². The van der Waals surface area contributed by atoms with Crippen LogP contribution >= 0.6 is 0 Å². The van der Waals surface area contributed by atoms with Crippen molar-refractivity contribution in [2.75, 3.05) is 5.17 Å². The second kappa shape index (κ2) is 3.29. The first-order valence-corrected chi connectivity index (χ1v) is 4.06. The molecule has 1 aliphatic rings. The minimum Gasteiger partial charge on any atom is -0.366 e. The van der Waals surface area contributed by atoms with Crippen LogP contribution in [0, 0.1) is 0 Å². The van der Waals surface area contributed by atoms with Gasteiger partial charge in [0.15, 0.2) is 0 Å². The van der Waals surface area contributed by atoms with Crippen molar-refractivity contribution in [3.63, 3.8) is 0 Å². The highest BCUT2D eigenvalue weighted by Crippen LogP contribution is 2.20. The van der Waals surface area contributed by atoms with Crippen LogP contribution in [0.4, 0.5) is 5.69 Å². The Kier molecular flexibility index (Phi) is 1.98. The molecule has 72 valence electrons. The maximum absolute atomic E-state index is 11.1. The third-order valence-electron chi connectivity index (χ3n) is 1.81. The number of anilines is 1. The molecule has 1 amide bonds. The van der Waals surface area contributed by atoms with E-state index in [1.807, 2.05) is 0 Å². The highest BCUT2D eigenvalue weighted by atomic mass is 16.7. The van der Waals surface area contributed by atoms with Crippen molar-refractivity contribution in [3.05, 3.63) is 42.3 Å². The zero-order valence-electron chi connectivity index (χ0n) is 7.31. The van der Waals surface area contributed by atoms with Crippen molar-refractivity contribution in [3.8, 4) is 0 Å². The average Bonchev–Trinajstić information content (AvgIpc) is 2.70. The molecule has 0 atom stereocenters. The van der Waals surface area contributed by atoms with Gasteiger partial charge in [-0.2, -0.15) is 0 Å². The molecule has 0 saturated carbocycles. The molecule has 0 unspecified atom stereocenters. The van der Waals surface area contributed by atoms with Crippen molar-refractivity contribution >= 4 is 11.6 Å². The Bertz CT molecular complexity index is 381. The van der Waals surface area contributed by atoms with Gasteiger partial charge in [-0.1, -0.05) is 12.1 Å². The molecular formula is C9H9N3O2. The zero-order valence-corrected chi connectivity index (χ0v) is 7.31. The first kappa shape index (κ1) is 8.43. The van der Waals surface area contributed by atoms with E-state index in [1.165, 1.54) is 11.4 Å². The molecule has 5 nitrogen and oxygen atoms in total. The third kappa shape index (κ3) is 1.35. The van der Waals surface area contributed by atoms with Gasteiger partial charge in [0.1, 0.15) is 11.9 Å². The molecule has 14 heavy (non-hydrogen) atoms. The standard InChI is InChI=1S/C9H9N3O2/c10-9(13)7-3-1-2-4-8(7)12-11-5-6-14-12/h1-6,11H,(H2,10,13). The molecule has 0 fully saturated rings. The molecule has 0 radical (unpaired) electrons. The van der Waals surface area contributed by atoms with Crippen LogP contribution in [0.15, 0.2) is 36.7 Å². The highest BCUT2D eigenvalue weighted by molar-refractivity contribution is 5.98. The van der Waals surface area contributed by atoms with Crippen molar-refractivity contribution in [2.45, 2.75) is 0 Å². The number of hydrogen-bond donors (Lipinski definition) is 2. The van der Waals surface area contributed by atoms with Crippen LogP contribution in [-0.2, 0) is 4.84 Å². The molecule has 1 aromatic rings. The number of benzene rings is 1. The summed E-state index contributed by atoms with van der Waals surface area (Å²) in [4.78, 5) is 16.1. The van der Waals surface area contributed by atoms with Gasteiger partial charge in [-0.25, -0.2) is 0 Å². The van der Waals surface area contributed by atoms with Crippen molar-refractivity contribution in [2.24, 2.45) is 5.73 Å². The van der Waals surface area contributed by atoms with Crippen LogP contribution in [0.5, 0.6) is 0 Å². The second-order valence-corrected chi connectivity index (χ2v) is 2.71. The van der Waals surface area contributed by atoms with Gasteiger partial charge in [0.25, 0.3) is 5.91 Å². The predicted octanol–water partition coefficient (Wildman–Crippen LogP) is 0.513. The number of nitrogens with two attached hydrogens (primary N) is 1. The molecule has 1 aliphatic heterocycles. The summed E-state index contributed by atoms with van der Waals surface area (Å²) in [6.07, 6.45) is 3.08. The van der Waals surface area contributed by atoms with E-state index in [0.29, 0.717) is 11.3 Å². The molecule has 2 rings (SSSR count). The number of para-hydroxylation sites is 1. The Balaban J connectivity index is 2.36. The number of hydrazine groups is 1. The van der Waals surface area contributed by atoms with Crippen LogP contribution in [-0.4, -0.2) is 5.91 Å². The van der Waals surface area contributed by atoms with E-state index >= 15 is 0 Å². The largest absolute Gasteiger partial charge is 0.366 e. The van der Waals surface area contributed by atoms with E-state index in [1.54, 1.807) is 30.5 Å². The molecule has 0 aliphatic carbocycles. The van der Waals surface area contributed by atoms with Crippen molar-refractivity contribution in [1.29, 1.82) is 0 Å². The van der Waals surface area contributed by atoms with Gasteiger partial charge in [0.05, 0.1) is 11.8 Å². The average molecular weight is 191 g/mol. The number of primary amides is 1. The lowest BCUT2D eigenvalue weighted by atomic mass is 10.2. The predicted molar refractivity (Wildman–Crippen MR) is 50.8 cm³/mol. The Morgan fingerprint density at radius 2 is 2.21 bits per heavy atom. The van der Waals surface area contributed by atoms with E-state index in [2.05, 4.69) is 5.43 Å². The fourth-order valence-corrected chi connectivity index (χ4v) is 1.21. The molecule has 5 heteroatoms. The fourth-order valence-electron chi connectivity index (χ4n) is 1.21. The van der Waals surface area contributed by atoms with E-state index in [9.17, 15) is 4.79 Å². The summed E-state index contributed by atoms with van der Waals surface area (Å²) >= 11 is 0. The van der Waals surface area contributed by atoms with Crippen LogP contribution < -0.4 is 16.3 Å². The summed E-state index contributed by atoms with van der Waals surface area (Å²) in [6, 6.07) is 6.92. The topological polar surface area (TPSA) is 67.6 Å². The van der Waals surface area contributed by atoms with E-state index in [4.69, 9.17) is 10.6 Å². The molecule has 1 heterocycles. The maximum Gasteiger partial charge on any atom is 0.251 e. The number of amides is 1. The summed E-state index contributed by atoms with van der Waals surface area (Å²) in [5.74, 6) is -0.488. The smallest absolute Gasteiger partial charge is 0.251 e. The van der Waals surface area contributed by atoms with Gasteiger partial charge in [0.2, 0.25) is 0 Å². The summed E-state index contributed by atoms with van der Waals surface area (Å²) < 4.78 is 0. The number of carbonyl (C=O) groups is 1. The number of nitrogens with zero attached hydrogens (tertiary/aromatic N) is 1. The van der Waals surface area contributed by atoms with Crippen LogP contribution in [0.25, 0.3) is 0 Å². The van der Waals surface area contributed by atoms with E-state index in [0.717, 1.165) is 0 Å². The van der Waals surface area contributed by atoms with Crippen molar-refractivity contribution in [1.82, 2.24) is 5.43 Å². The Morgan fingerprint density at radius 1 is 1.43 bits per heavy atom. The normalized spacial score (nSPS) is 13.6. The molecule has 1 aromatic carbocycles. The Hall–Kier alpha value is -2.17. The lowest BCUT2D eigenvalue weighted by molar-refractivity contribution is 0.0998. The van der Waals surface area contributed by atoms with E-state index in [-0.39, 0.29) is 0 Å². The number of rotatable bonds is 2. The van der Waals surface area contributed by atoms with Crippen molar-refractivity contribution < 1.29 is 9.63 Å². The molecule has 0 spiro atoms. The fraction of sp³-hybridized carbons (Fsp3) is 0. The lowest BCUT2D eigenvalue weighted by Gasteiger charge is -2.18. The van der Waals surface area contributed by atoms with Crippen LogP contribution in [0.2, 0.25) is 0 Å². The third-order valence-corrected chi connectivity index (χ3v) is 1.81. The quantitative estimate of drug-likeness (QED) is 0.714. The summed E-state index contributed by atoms with van der Waals surface area (Å²) in [6.45, 7) is 0. The monoisotopic (exact) mass is 191 g/mol. The second-order valence-electron chi connectivity index (χ2n) is 2.71. The van der Waals surface area contributed by atoms with Gasteiger partial charge < -0.3 is 10.6 Å². The Labute approximate surface area is 80.7 Å². The van der Waals surface area contributed by atoms with Crippen LogP contribution in [0.3, 0.4) is 0 Å². The molecule has 0 aromatic heterocycles. The summed E-state index contributed by atoms with van der Waals surface area (Å²) in [5.41, 5.74) is 9.00. The zero-order chi connectivity index (χ0) is 9.97. The number of nitrogens with one attached hydrogen (secondary N) is 1. The van der Waals surface area contributed by atoms with Gasteiger partial charge in [-0.15, -0.1) is 5.17 Å². The first-order valence-electron chi connectivity index (χ1n) is 4.06. The summed E-state index contributed by atoms with van der Waals surface area (Å²) in [7, 11) is 0. The molecule has 0 bridgehead atoms. The van der Waals surface area contributed by atoms with Gasteiger partial charge >= 0.3 is 0 Å². The molecule has 3 N–H and O–H groups in total. The highest BCUT2D eigenvalue weighted by Gasteiger charge is 2.15.